The van der Waals surface area contributed by atoms with Gasteiger partial charge in [-0.05, 0) is 25.8 Å². The Morgan fingerprint density at radius 1 is 1.15 bits per heavy atom. The van der Waals surface area contributed by atoms with Crippen LogP contribution in [0.1, 0.15) is 41.0 Å². The molecule has 0 spiro atoms. The van der Waals surface area contributed by atoms with E-state index in [0.29, 0.717) is 18.1 Å². The monoisotopic (exact) mass is 187 g/mol. The van der Waals surface area contributed by atoms with E-state index in [9.17, 15) is 0 Å². The first-order valence-corrected chi connectivity index (χ1v) is 5.47. The summed E-state index contributed by atoms with van der Waals surface area (Å²) in [5.74, 6) is 0.607. The van der Waals surface area contributed by atoms with E-state index in [4.69, 9.17) is 4.74 Å². The number of likely N-dealkylation sites (N-methyl/N-ethyl adjacent to an activating group) is 1. The van der Waals surface area contributed by atoms with Crippen molar-refractivity contribution in [3.63, 3.8) is 0 Å². The van der Waals surface area contributed by atoms with E-state index in [2.05, 4.69) is 39.9 Å². The van der Waals surface area contributed by atoms with Gasteiger partial charge in [-0.3, -0.25) is 0 Å². The minimum atomic E-state index is 0.364. The van der Waals surface area contributed by atoms with Crippen LogP contribution in [0.3, 0.4) is 0 Å². The Balaban J connectivity index is 3.69. The predicted octanol–water partition coefficient (Wildman–Crippen LogP) is 2.44. The molecule has 0 saturated heterocycles. The molecule has 2 nitrogen and oxygen atoms in total. The molecule has 0 aromatic heterocycles. The van der Waals surface area contributed by atoms with Crippen LogP contribution < -0.4 is 5.32 Å². The zero-order chi connectivity index (χ0) is 10.3. The summed E-state index contributed by atoms with van der Waals surface area (Å²) in [6.45, 7) is 12.8. The first kappa shape index (κ1) is 12.9. The molecule has 0 heterocycles. The van der Waals surface area contributed by atoms with Crippen LogP contribution >= 0.6 is 0 Å². The smallest absolute Gasteiger partial charge is 0.0700 e. The van der Waals surface area contributed by atoms with Crippen molar-refractivity contribution in [2.24, 2.45) is 5.92 Å². The van der Waals surface area contributed by atoms with Crippen molar-refractivity contribution in [3.8, 4) is 0 Å². The molecule has 13 heavy (non-hydrogen) atoms. The van der Waals surface area contributed by atoms with E-state index in [1.54, 1.807) is 0 Å². The van der Waals surface area contributed by atoms with Crippen molar-refractivity contribution in [1.29, 1.82) is 0 Å². The topological polar surface area (TPSA) is 21.3 Å². The van der Waals surface area contributed by atoms with Crippen molar-refractivity contribution in [2.45, 2.75) is 53.2 Å². The molecule has 0 aliphatic carbocycles. The lowest BCUT2D eigenvalue weighted by Gasteiger charge is -2.24. The maximum atomic E-state index is 5.90. The Bertz CT molecular complexity index is 115. The van der Waals surface area contributed by atoms with Gasteiger partial charge in [-0.25, -0.2) is 0 Å². The Hall–Kier alpha value is -0.0800. The molecular weight excluding hydrogens is 162 g/mol. The zero-order valence-electron chi connectivity index (χ0n) is 9.76. The fourth-order valence-corrected chi connectivity index (χ4v) is 1.05. The first-order valence-electron chi connectivity index (χ1n) is 5.47. The highest BCUT2D eigenvalue weighted by atomic mass is 16.5. The van der Waals surface area contributed by atoms with Gasteiger partial charge in [0, 0.05) is 6.54 Å². The van der Waals surface area contributed by atoms with Gasteiger partial charge in [0.05, 0.1) is 12.2 Å². The van der Waals surface area contributed by atoms with Gasteiger partial charge in [0.25, 0.3) is 0 Å². The maximum Gasteiger partial charge on any atom is 0.0700 e. The van der Waals surface area contributed by atoms with Gasteiger partial charge in [0.15, 0.2) is 0 Å². The minimum Gasteiger partial charge on any atom is -0.374 e. The number of hydrogen-bond donors (Lipinski definition) is 1. The van der Waals surface area contributed by atoms with Gasteiger partial charge in [-0.1, -0.05) is 27.7 Å². The number of ether oxygens (including phenoxy) is 1. The molecule has 2 unspecified atom stereocenters. The minimum absolute atomic E-state index is 0.364. The molecule has 0 rings (SSSR count). The summed E-state index contributed by atoms with van der Waals surface area (Å²) in [6.07, 6.45) is 1.82. The maximum absolute atomic E-state index is 5.90. The summed E-state index contributed by atoms with van der Waals surface area (Å²) in [5, 5.41) is 3.32. The van der Waals surface area contributed by atoms with Crippen LogP contribution in [0.25, 0.3) is 0 Å². The molecule has 0 aromatic rings. The summed E-state index contributed by atoms with van der Waals surface area (Å²) in [4.78, 5) is 0. The van der Waals surface area contributed by atoms with Crippen molar-refractivity contribution < 1.29 is 4.74 Å². The second-order valence-corrected chi connectivity index (χ2v) is 3.92. The van der Waals surface area contributed by atoms with Gasteiger partial charge in [0.2, 0.25) is 0 Å². The largest absolute Gasteiger partial charge is 0.374 e. The molecule has 0 bridgehead atoms. The molecule has 0 aliphatic heterocycles. The average Bonchev–Trinajstić information content (AvgIpc) is 2.11. The molecule has 0 radical (unpaired) electrons. The molecule has 0 aliphatic rings. The fraction of sp³-hybridized carbons (Fsp3) is 1.00. The van der Waals surface area contributed by atoms with Gasteiger partial charge in [0.1, 0.15) is 0 Å². The third-order valence-corrected chi connectivity index (χ3v) is 2.42. The molecule has 0 aromatic carbocycles. The van der Waals surface area contributed by atoms with Crippen molar-refractivity contribution in [1.82, 2.24) is 5.32 Å². The molecule has 2 atom stereocenters. The first-order chi connectivity index (χ1) is 6.11. The molecular formula is C11H25NO. The Morgan fingerprint density at radius 3 is 2.15 bits per heavy atom. The summed E-state index contributed by atoms with van der Waals surface area (Å²) in [6, 6.07) is 0. The third-order valence-electron chi connectivity index (χ3n) is 2.42. The van der Waals surface area contributed by atoms with Gasteiger partial charge >= 0.3 is 0 Å². The highest BCUT2D eigenvalue weighted by Gasteiger charge is 2.13. The van der Waals surface area contributed by atoms with E-state index < -0.39 is 0 Å². The molecule has 80 valence electrons. The van der Waals surface area contributed by atoms with E-state index in [-0.39, 0.29) is 0 Å². The van der Waals surface area contributed by atoms with Crippen LogP contribution in [0.15, 0.2) is 0 Å². The summed E-state index contributed by atoms with van der Waals surface area (Å²) in [5.41, 5.74) is 0. The average molecular weight is 187 g/mol. The number of nitrogens with one attached hydrogen (secondary N) is 1. The highest BCUT2D eigenvalue weighted by molar-refractivity contribution is 4.63. The molecule has 2 heteroatoms. The Morgan fingerprint density at radius 2 is 1.77 bits per heavy atom. The highest BCUT2D eigenvalue weighted by Crippen LogP contribution is 2.09. The lowest BCUT2D eigenvalue weighted by atomic mass is 10.1. The second-order valence-electron chi connectivity index (χ2n) is 3.92. The van der Waals surface area contributed by atoms with Gasteiger partial charge in [-0.2, -0.15) is 0 Å². The molecule has 1 N–H and O–H groups in total. The van der Waals surface area contributed by atoms with Crippen molar-refractivity contribution >= 4 is 0 Å². The van der Waals surface area contributed by atoms with Gasteiger partial charge < -0.3 is 10.1 Å². The lowest BCUT2D eigenvalue weighted by molar-refractivity contribution is -0.0254. The lowest BCUT2D eigenvalue weighted by Crippen LogP contribution is -2.32. The molecule has 0 saturated carbocycles. The van der Waals surface area contributed by atoms with Crippen LogP contribution in [0.2, 0.25) is 0 Å². The fourth-order valence-electron chi connectivity index (χ4n) is 1.05. The summed E-state index contributed by atoms with van der Waals surface area (Å²) in [7, 11) is 0. The van der Waals surface area contributed by atoms with E-state index in [0.717, 1.165) is 19.5 Å². The standard InChI is InChI=1S/C11H25NO/c1-6-11(8-12-7-2)13-10(5)9(3)4/h9-12H,6-8H2,1-5H3. The van der Waals surface area contributed by atoms with Crippen LogP contribution in [0.4, 0.5) is 0 Å². The van der Waals surface area contributed by atoms with Crippen molar-refractivity contribution in [3.05, 3.63) is 0 Å². The van der Waals surface area contributed by atoms with Gasteiger partial charge in [-0.15, -0.1) is 0 Å². The van der Waals surface area contributed by atoms with E-state index >= 15 is 0 Å². The van der Waals surface area contributed by atoms with Crippen LogP contribution in [0.5, 0.6) is 0 Å². The predicted molar refractivity (Wildman–Crippen MR) is 58.0 cm³/mol. The second kappa shape index (κ2) is 7.34. The van der Waals surface area contributed by atoms with Crippen LogP contribution in [-0.2, 0) is 4.74 Å². The summed E-state index contributed by atoms with van der Waals surface area (Å²) >= 11 is 0. The van der Waals surface area contributed by atoms with E-state index in [1.807, 2.05) is 0 Å². The molecule has 0 fully saturated rings. The molecule has 0 amide bonds. The number of hydrogen-bond acceptors (Lipinski definition) is 2. The van der Waals surface area contributed by atoms with Crippen LogP contribution in [0, 0.1) is 5.92 Å². The summed E-state index contributed by atoms with van der Waals surface area (Å²) < 4.78 is 5.90. The Kier molecular flexibility index (Phi) is 7.29. The third kappa shape index (κ3) is 6.05. The SMILES string of the molecule is CCNCC(CC)OC(C)C(C)C. The van der Waals surface area contributed by atoms with E-state index in [1.165, 1.54) is 0 Å². The Labute approximate surface area is 83.1 Å². The number of rotatable bonds is 7. The van der Waals surface area contributed by atoms with Crippen LogP contribution in [-0.4, -0.2) is 25.3 Å². The normalized spacial score (nSPS) is 16.2. The zero-order valence-corrected chi connectivity index (χ0v) is 9.76. The van der Waals surface area contributed by atoms with Crippen molar-refractivity contribution in [2.75, 3.05) is 13.1 Å². The quantitative estimate of drug-likeness (QED) is 0.661.